The average molecular weight is 440 g/mol. The smallest absolute Gasteiger partial charge is 0.135 e. The number of likely N-dealkylation sites (tertiary alicyclic amines) is 1. The molecule has 1 aliphatic rings. The number of hydrogen-bond acceptors (Lipinski definition) is 3. The maximum absolute atomic E-state index is 4.62. The number of anilines is 1. The predicted octanol–water partition coefficient (Wildman–Crippen LogP) is 5.92. The van der Waals surface area contributed by atoms with Crippen molar-refractivity contribution >= 4 is 33.6 Å². The molecule has 1 aliphatic heterocycles. The Labute approximate surface area is 178 Å². The molecule has 0 spiro atoms. The summed E-state index contributed by atoms with van der Waals surface area (Å²) in [6, 6.07) is 21.5. The molecule has 28 heavy (non-hydrogen) atoms. The number of benzene rings is 2. The summed E-state index contributed by atoms with van der Waals surface area (Å²) in [5.41, 5.74) is 1.47. The molecule has 0 bridgehead atoms. The fourth-order valence-electron chi connectivity index (χ4n) is 4.26. The molecule has 0 amide bonds. The van der Waals surface area contributed by atoms with Crippen molar-refractivity contribution < 1.29 is 0 Å². The normalized spacial score (nSPS) is 16.5. The van der Waals surface area contributed by atoms with Crippen LogP contribution >= 0.6 is 17.0 Å². The molecular formula is C24H30BrN3. The van der Waals surface area contributed by atoms with Crippen LogP contribution in [0.25, 0.3) is 10.8 Å². The molecule has 2 heterocycles. The molecule has 3 nitrogen and oxygen atoms in total. The van der Waals surface area contributed by atoms with Crippen LogP contribution in [0.2, 0.25) is 0 Å². The summed E-state index contributed by atoms with van der Waals surface area (Å²) in [6.45, 7) is 4.58. The first-order chi connectivity index (χ1) is 13.3. The highest BCUT2D eigenvalue weighted by Gasteiger charge is 2.24. The van der Waals surface area contributed by atoms with Crippen molar-refractivity contribution in [2.45, 2.75) is 38.8 Å². The lowest BCUT2D eigenvalue weighted by atomic mass is 9.90. The number of hydrogen-bond donors (Lipinski definition) is 1. The monoisotopic (exact) mass is 439 g/mol. The molecule has 4 rings (SSSR count). The number of halogens is 1. The summed E-state index contributed by atoms with van der Waals surface area (Å²) >= 11 is 0. The number of aromatic nitrogens is 1. The highest BCUT2D eigenvalue weighted by molar-refractivity contribution is 8.93. The lowest BCUT2D eigenvalue weighted by Crippen LogP contribution is -2.45. The van der Waals surface area contributed by atoms with Crippen molar-refractivity contribution in [1.29, 1.82) is 0 Å². The Morgan fingerprint density at radius 1 is 1.00 bits per heavy atom. The van der Waals surface area contributed by atoms with Crippen LogP contribution in [0.15, 0.2) is 66.9 Å². The first-order valence-electron chi connectivity index (χ1n) is 10.2. The first-order valence-corrected chi connectivity index (χ1v) is 10.2. The van der Waals surface area contributed by atoms with E-state index in [4.69, 9.17) is 0 Å². The van der Waals surface area contributed by atoms with Crippen molar-refractivity contribution in [3.05, 3.63) is 72.4 Å². The van der Waals surface area contributed by atoms with Gasteiger partial charge in [0, 0.05) is 24.7 Å². The van der Waals surface area contributed by atoms with E-state index in [0.29, 0.717) is 6.17 Å². The lowest BCUT2D eigenvalue weighted by molar-refractivity contribution is 0.142. The molecule has 1 aromatic heterocycles. The molecule has 1 fully saturated rings. The number of piperidine rings is 1. The van der Waals surface area contributed by atoms with Crippen LogP contribution in [0.1, 0.15) is 31.7 Å². The van der Waals surface area contributed by atoms with Crippen molar-refractivity contribution in [1.82, 2.24) is 9.88 Å². The maximum atomic E-state index is 4.62. The Morgan fingerprint density at radius 2 is 1.71 bits per heavy atom. The fraction of sp³-hybridized carbons (Fsp3) is 0.375. The van der Waals surface area contributed by atoms with Gasteiger partial charge in [-0.1, -0.05) is 61.5 Å². The maximum Gasteiger partial charge on any atom is 0.135 e. The van der Waals surface area contributed by atoms with Crippen LogP contribution in [-0.2, 0) is 6.42 Å². The number of nitrogens with zero attached hydrogens (tertiary/aromatic N) is 2. The standard InChI is InChI=1S/C24H29N3.BrH/c1-2-23(26-24-22-11-7-6-10-21(22)12-15-25-24)27-16-13-20(14-17-27)18-19-8-4-3-5-9-19;/h3-12,15,20,23H,2,13-14,16-18H2,1H3,(H,25,26);1H. The van der Waals surface area contributed by atoms with E-state index in [2.05, 4.69) is 82.8 Å². The van der Waals surface area contributed by atoms with E-state index in [1.807, 2.05) is 6.20 Å². The van der Waals surface area contributed by atoms with E-state index in [1.54, 1.807) is 0 Å². The summed E-state index contributed by atoms with van der Waals surface area (Å²) in [5.74, 6) is 1.81. The Kier molecular flexibility index (Phi) is 7.46. The average Bonchev–Trinajstić information content (AvgIpc) is 2.73. The van der Waals surface area contributed by atoms with Gasteiger partial charge < -0.3 is 5.32 Å². The minimum atomic E-state index is 0. The Balaban J connectivity index is 0.00000225. The molecule has 2 aromatic carbocycles. The number of rotatable bonds is 6. The molecule has 3 aromatic rings. The van der Waals surface area contributed by atoms with Gasteiger partial charge in [0.2, 0.25) is 0 Å². The van der Waals surface area contributed by atoms with Crippen molar-refractivity contribution in [2.75, 3.05) is 18.4 Å². The Hall–Kier alpha value is -1.91. The third kappa shape index (κ3) is 4.92. The van der Waals surface area contributed by atoms with Gasteiger partial charge in [-0.05, 0) is 48.6 Å². The van der Waals surface area contributed by atoms with Crippen molar-refractivity contribution in [3.8, 4) is 0 Å². The summed E-state index contributed by atoms with van der Waals surface area (Å²) < 4.78 is 0. The second-order valence-corrected chi connectivity index (χ2v) is 7.62. The van der Waals surface area contributed by atoms with Crippen LogP contribution in [0.3, 0.4) is 0 Å². The third-order valence-corrected chi connectivity index (χ3v) is 5.82. The van der Waals surface area contributed by atoms with Gasteiger partial charge in [0.05, 0.1) is 6.17 Å². The molecule has 0 saturated carbocycles. The third-order valence-electron chi connectivity index (χ3n) is 5.82. The number of pyridine rings is 1. The summed E-state index contributed by atoms with van der Waals surface area (Å²) in [4.78, 5) is 7.22. The number of fused-ring (bicyclic) bond motifs is 1. The molecule has 1 unspecified atom stereocenters. The summed E-state index contributed by atoms with van der Waals surface area (Å²) in [7, 11) is 0. The summed E-state index contributed by atoms with van der Waals surface area (Å²) in [5, 5.41) is 6.17. The Morgan fingerprint density at radius 3 is 2.46 bits per heavy atom. The molecular weight excluding hydrogens is 410 g/mol. The highest BCUT2D eigenvalue weighted by atomic mass is 79.9. The minimum absolute atomic E-state index is 0. The second-order valence-electron chi connectivity index (χ2n) is 7.62. The topological polar surface area (TPSA) is 28.2 Å². The van der Waals surface area contributed by atoms with Crippen LogP contribution < -0.4 is 5.32 Å². The molecule has 4 heteroatoms. The number of nitrogens with one attached hydrogen (secondary N) is 1. The molecule has 148 valence electrons. The molecule has 1 N–H and O–H groups in total. The van der Waals surface area contributed by atoms with E-state index in [0.717, 1.165) is 31.2 Å². The SMILES string of the molecule is Br.CCC(Nc1nccc2ccccc12)N1CCC(Cc2ccccc2)CC1. The van der Waals surface area contributed by atoms with Crippen LogP contribution in [0, 0.1) is 5.92 Å². The van der Waals surface area contributed by atoms with Gasteiger partial charge in [0.1, 0.15) is 5.82 Å². The zero-order chi connectivity index (χ0) is 18.5. The molecule has 1 atom stereocenters. The zero-order valence-corrected chi connectivity index (χ0v) is 18.3. The van der Waals surface area contributed by atoms with Gasteiger partial charge in [0.25, 0.3) is 0 Å². The van der Waals surface area contributed by atoms with E-state index in [1.165, 1.54) is 35.6 Å². The predicted molar refractivity (Wildman–Crippen MR) is 124 cm³/mol. The largest absolute Gasteiger partial charge is 0.354 e. The van der Waals surface area contributed by atoms with Crippen LogP contribution in [-0.4, -0.2) is 29.1 Å². The first kappa shape index (κ1) is 20.8. The highest BCUT2D eigenvalue weighted by Crippen LogP contribution is 2.26. The van der Waals surface area contributed by atoms with E-state index in [-0.39, 0.29) is 17.0 Å². The van der Waals surface area contributed by atoms with Crippen LogP contribution in [0.4, 0.5) is 5.82 Å². The van der Waals surface area contributed by atoms with Gasteiger partial charge in [-0.3, -0.25) is 4.90 Å². The van der Waals surface area contributed by atoms with Gasteiger partial charge in [-0.2, -0.15) is 0 Å². The minimum Gasteiger partial charge on any atom is -0.354 e. The molecule has 0 radical (unpaired) electrons. The summed E-state index contributed by atoms with van der Waals surface area (Å²) in [6.07, 6.45) is 7.09. The fourth-order valence-corrected chi connectivity index (χ4v) is 4.26. The van der Waals surface area contributed by atoms with Gasteiger partial charge in [-0.15, -0.1) is 17.0 Å². The Bertz CT molecular complexity index is 855. The van der Waals surface area contributed by atoms with Crippen LogP contribution in [0.5, 0.6) is 0 Å². The molecule has 0 aliphatic carbocycles. The second kappa shape index (κ2) is 10.0. The van der Waals surface area contributed by atoms with E-state index >= 15 is 0 Å². The van der Waals surface area contributed by atoms with E-state index < -0.39 is 0 Å². The van der Waals surface area contributed by atoms with Gasteiger partial charge >= 0.3 is 0 Å². The lowest BCUT2D eigenvalue weighted by Gasteiger charge is -2.38. The zero-order valence-electron chi connectivity index (χ0n) is 16.6. The van der Waals surface area contributed by atoms with E-state index in [9.17, 15) is 0 Å². The van der Waals surface area contributed by atoms with Crippen molar-refractivity contribution in [3.63, 3.8) is 0 Å². The quantitative estimate of drug-likeness (QED) is 0.516. The van der Waals surface area contributed by atoms with Gasteiger partial charge in [0.15, 0.2) is 0 Å². The molecule has 1 saturated heterocycles. The van der Waals surface area contributed by atoms with Crippen molar-refractivity contribution in [2.24, 2.45) is 5.92 Å². The van der Waals surface area contributed by atoms with Gasteiger partial charge in [-0.25, -0.2) is 4.98 Å².